The van der Waals surface area contributed by atoms with E-state index < -0.39 is 23.5 Å². The summed E-state index contributed by atoms with van der Waals surface area (Å²) in [6.45, 7) is 1.60. The number of carbonyl (C=O) groups excluding carboxylic acids is 1. The number of halogens is 1. The Hall–Kier alpha value is -1.56. The monoisotopic (exact) mass is 341 g/mol. The molecule has 0 heterocycles. The maximum atomic E-state index is 12.1. The third-order valence-electron chi connectivity index (χ3n) is 3.49. The third kappa shape index (κ3) is 2.95. The van der Waals surface area contributed by atoms with Crippen LogP contribution in [0.2, 0.25) is 0 Å². The highest BCUT2D eigenvalue weighted by atomic mass is 79.9. The first-order valence-corrected chi connectivity index (χ1v) is 7.20. The summed E-state index contributed by atoms with van der Waals surface area (Å²) >= 11 is 3.33. The molecule has 6 heteroatoms. The van der Waals surface area contributed by atoms with Crippen molar-refractivity contribution in [3.63, 3.8) is 0 Å². The number of rotatable bonds is 5. The van der Waals surface area contributed by atoms with Gasteiger partial charge in [0.05, 0.1) is 4.47 Å². The molecule has 1 atom stereocenters. The summed E-state index contributed by atoms with van der Waals surface area (Å²) in [5.74, 6) is -0.846. The van der Waals surface area contributed by atoms with E-state index in [0.29, 0.717) is 18.6 Å². The molecule has 2 rings (SSSR count). The second-order valence-electron chi connectivity index (χ2n) is 4.92. The molecule has 1 aromatic carbocycles. The highest BCUT2D eigenvalue weighted by Crippen LogP contribution is 2.32. The van der Waals surface area contributed by atoms with Crippen LogP contribution < -0.4 is 10.1 Å². The van der Waals surface area contributed by atoms with E-state index in [2.05, 4.69) is 21.2 Å². The lowest BCUT2D eigenvalue weighted by Gasteiger charge is -2.38. The molecule has 0 spiro atoms. The fraction of sp³-hybridized carbons (Fsp3) is 0.429. The maximum absolute atomic E-state index is 12.1. The van der Waals surface area contributed by atoms with Crippen LogP contribution in [-0.4, -0.2) is 28.6 Å². The van der Waals surface area contributed by atoms with E-state index in [9.17, 15) is 14.7 Å². The Labute approximate surface area is 125 Å². The van der Waals surface area contributed by atoms with Crippen molar-refractivity contribution in [3.05, 3.63) is 28.7 Å². The van der Waals surface area contributed by atoms with Crippen LogP contribution in [0.1, 0.15) is 26.2 Å². The smallest absolute Gasteiger partial charge is 0.329 e. The molecule has 0 aliphatic heterocycles. The third-order valence-corrected chi connectivity index (χ3v) is 4.14. The molecule has 0 radical (unpaired) electrons. The maximum Gasteiger partial charge on any atom is 0.329 e. The minimum absolute atomic E-state index is 0.414. The lowest BCUT2D eigenvalue weighted by molar-refractivity contribution is -0.152. The highest BCUT2D eigenvalue weighted by molar-refractivity contribution is 9.10. The fourth-order valence-electron chi connectivity index (χ4n) is 2.04. The first-order valence-electron chi connectivity index (χ1n) is 6.41. The van der Waals surface area contributed by atoms with Gasteiger partial charge in [-0.1, -0.05) is 12.1 Å². The van der Waals surface area contributed by atoms with Gasteiger partial charge in [-0.3, -0.25) is 4.79 Å². The van der Waals surface area contributed by atoms with Crippen molar-refractivity contribution >= 4 is 27.8 Å². The molecule has 1 fully saturated rings. The van der Waals surface area contributed by atoms with Gasteiger partial charge < -0.3 is 15.2 Å². The van der Waals surface area contributed by atoms with Crippen LogP contribution in [0.5, 0.6) is 5.75 Å². The summed E-state index contributed by atoms with van der Waals surface area (Å²) in [6.07, 6.45) is 0.989. The van der Waals surface area contributed by atoms with Crippen LogP contribution in [-0.2, 0) is 9.59 Å². The number of benzene rings is 1. The van der Waals surface area contributed by atoms with E-state index in [0.717, 1.165) is 10.9 Å². The number of carboxylic acids is 1. The summed E-state index contributed by atoms with van der Waals surface area (Å²) in [7, 11) is 0. The van der Waals surface area contributed by atoms with Crippen molar-refractivity contribution in [2.45, 2.75) is 37.8 Å². The number of amides is 1. The van der Waals surface area contributed by atoms with Gasteiger partial charge in [0, 0.05) is 0 Å². The molecular weight excluding hydrogens is 326 g/mol. The molecule has 1 aromatic rings. The SMILES string of the molecule is CC(Oc1ccccc1Br)C(=O)NC1(C(=O)O)CCC1. The van der Waals surface area contributed by atoms with E-state index in [1.165, 1.54) is 0 Å². The van der Waals surface area contributed by atoms with Crippen LogP contribution in [0.15, 0.2) is 28.7 Å². The van der Waals surface area contributed by atoms with Crippen molar-refractivity contribution in [3.8, 4) is 5.75 Å². The molecule has 0 saturated heterocycles. The zero-order valence-corrected chi connectivity index (χ0v) is 12.6. The van der Waals surface area contributed by atoms with Crippen LogP contribution in [0.3, 0.4) is 0 Å². The average molecular weight is 342 g/mol. The van der Waals surface area contributed by atoms with E-state index in [4.69, 9.17) is 4.74 Å². The minimum atomic E-state index is -1.11. The molecule has 0 bridgehead atoms. The van der Waals surface area contributed by atoms with Crippen molar-refractivity contribution in [2.24, 2.45) is 0 Å². The number of carboxylic acid groups (broad SMARTS) is 1. The first-order chi connectivity index (χ1) is 9.44. The number of ether oxygens (including phenoxy) is 1. The Balaban J connectivity index is 1.99. The molecule has 5 nitrogen and oxygen atoms in total. The molecule has 1 unspecified atom stereocenters. The summed E-state index contributed by atoms with van der Waals surface area (Å²) in [5, 5.41) is 11.8. The van der Waals surface area contributed by atoms with Crippen LogP contribution >= 0.6 is 15.9 Å². The summed E-state index contributed by atoms with van der Waals surface area (Å²) in [4.78, 5) is 23.3. The van der Waals surface area contributed by atoms with Crippen LogP contribution in [0.25, 0.3) is 0 Å². The number of para-hydroxylation sites is 1. The van der Waals surface area contributed by atoms with E-state index in [-0.39, 0.29) is 0 Å². The Kier molecular flexibility index (Phi) is 4.32. The van der Waals surface area contributed by atoms with Crippen LogP contribution in [0, 0.1) is 0 Å². The quantitative estimate of drug-likeness (QED) is 0.861. The molecule has 1 saturated carbocycles. The number of hydrogen-bond donors (Lipinski definition) is 2. The predicted octanol–water partition coefficient (Wildman–Crippen LogP) is 2.34. The molecule has 2 N–H and O–H groups in total. The van der Waals surface area contributed by atoms with Gasteiger partial charge in [-0.2, -0.15) is 0 Å². The molecule has 1 aliphatic rings. The lowest BCUT2D eigenvalue weighted by Crippen LogP contribution is -2.61. The Bertz CT molecular complexity index is 528. The lowest BCUT2D eigenvalue weighted by atomic mass is 9.76. The summed E-state index contributed by atoms with van der Waals surface area (Å²) in [5.41, 5.74) is -1.11. The number of nitrogens with one attached hydrogen (secondary N) is 1. The summed E-state index contributed by atoms with van der Waals surface area (Å²) < 4.78 is 6.30. The standard InChI is InChI=1S/C14H16BrNO4/c1-9(20-11-6-3-2-5-10(11)15)12(17)16-14(13(18)19)7-4-8-14/h2-3,5-6,9H,4,7-8H2,1H3,(H,16,17)(H,18,19). The largest absolute Gasteiger partial charge is 0.480 e. The zero-order valence-electron chi connectivity index (χ0n) is 11.1. The number of hydrogen-bond acceptors (Lipinski definition) is 3. The predicted molar refractivity (Wildman–Crippen MR) is 76.6 cm³/mol. The Morgan fingerprint density at radius 1 is 1.40 bits per heavy atom. The van der Waals surface area contributed by atoms with Crippen molar-refractivity contribution in [2.75, 3.05) is 0 Å². The molecule has 0 aromatic heterocycles. The van der Waals surface area contributed by atoms with Gasteiger partial charge in [0.15, 0.2) is 6.10 Å². The van der Waals surface area contributed by atoms with Crippen molar-refractivity contribution < 1.29 is 19.4 Å². The average Bonchev–Trinajstić information content (AvgIpc) is 2.35. The van der Waals surface area contributed by atoms with E-state index in [1.807, 2.05) is 12.1 Å². The zero-order chi connectivity index (χ0) is 14.8. The van der Waals surface area contributed by atoms with E-state index >= 15 is 0 Å². The molecule has 108 valence electrons. The van der Waals surface area contributed by atoms with Crippen molar-refractivity contribution in [1.29, 1.82) is 0 Å². The Morgan fingerprint density at radius 2 is 2.05 bits per heavy atom. The molecular formula is C14H16BrNO4. The van der Waals surface area contributed by atoms with Crippen molar-refractivity contribution in [1.82, 2.24) is 5.32 Å². The fourth-order valence-corrected chi connectivity index (χ4v) is 2.42. The van der Waals surface area contributed by atoms with E-state index in [1.54, 1.807) is 19.1 Å². The normalized spacial score (nSPS) is 17.7. The second-order valence-corrected chi connectivity index (χ2v) is 5.77. The van der Waals surface area contributed by atoms with Gasteiger partial charge in [0.25, 0.3) is 5.91 Å². The van der Waals surface area contributed by atoms with Gasteiger partial charge in [-0.25, -0.2) is 4.79 Å². The van der Waals surface area contributed by atoms with Gasteiger partial charge >= 0.3 is 5.97 Å². The summed E-state index contributed by atoms with van der Waals surface area (Å²) in [6, 6.07) is 7.19. The first kappa shape index (κ1) is 14.8. The molecule has 1 aliphatic carbocycles. The number of aliphatic carboxylic acids is 1. The topological polar surface area (TPSA) is 75.6 Å². The van der Waals surface area contributed by atoms with Gasteiger partial charge in [-0.15, -0.1) is 0 Å². The molecule has 20 heavy (non-hydrogen) atoms. The van der Waals surface area contributed by atoms with Gasteiger partial charge in [-0.05, 0) is 54.2 Å². The Morgan fingerprint density at radius 3 is 2.55 bits per heavy atom. The number of carbonyl (C=O) groups is 2. The highest BCUT2D eigenvalue weighted by Gasteiger charge is 2.46. The molecule has 1 amide bonds. The second kappa shape index (κ2) is 5.83. The van der Waals surface area contributed by atoms with Gasteiger partial charge in [0.1, 0.15) is 11.3 Å². The van der Waals surface area contributed by atoms with Crippen LogP contribution in [0.4, 0.5) is 0 Å². The van der Waals surface area contributed by atoms with Gasteiger partial charge in [0.2, 0.25) is 0 Å². The minimum Gasteiger partial charge on any atom is -0.480 e.